The van der Waals surface area contributed by atoms with Crippen LogP contribution in [0.4, 0.5) is 11.4 Å². The van der Waals surface area contributed by atoms with E-state index in [9.17, 15) is 9.59 Å². The summed E-state index contributed by atoms with van der Waals surface area (Å²) in [6.07, 6.45) is 3.18. The lowest BCUT2D eigenvalue weighted by molar-refractivity contribution is -0.120. The number of amides is 2. The van der Waals surface area contributed by atoms with Crippen molar-refractivity contribution in [3.05, 3.63) is 59.7 Å². The van der Waals surface area contributed by atoms with E-state index in [0.717, 1.165) is 22.5 Å². The minimum absolute atomic E-state index is 0.273. The highest BCUT2D eigenvalue weighted by molar-refractivity contribution is 8.01. The molecule has 0 bridgehead atoms. The second-order valence-electron chi connectivity index (χ2n) is 7.86. The van der Waals surface area contributed by atoms with E-state index in [-0.39, 0.29) is 11.8 Å². The third-order valence-electron chi connectivity index (χ3n) is 4.74. The minimum Gasteiger partial charge on any atom is -0.378 e. The Balaban J connectivity index is 1.77. The molecule has 0 aliphatic rings. The van der Waals surface area contributed by atoms with Gasteiger partial charge in [0, 0.05) is 39.6 Å². The molecule has 0 spiro atoms. The van der Waals surface area contributed by atoms with Crippen molar-refractivity contribution >= 4 is 47.4 Å². The monoisotopic (exact) mass is 468 g/mol. The number of rotatable bonds is 10. The lowest BCUT2D eigenvalue weighted by Gasteiger charge is -2.14. The molecule has 2 unspecified atom stereocenters. The van der Waals surface area contributed by atoms with E-state index in [1.54, 1.807) is 26.3 Å². The van der Waals surface area contributed by atoms with Crippen LogP contribution in [-0.2, 0) is 9.59 Å². The Kier molecular flexibility index (Phi) is 9.93. The molecule has 0 aromatic heterocycles. The summed E-state index contributed by atoms with van der Waals surface area (Å²) in [7, 11) is 7.89. The third-order valence-corrected chi connectivity index (χ3v) is 5.99. The molecule has 0 saturated heterocycles. The SMILES string of the molecule is CC(SC(C)C(=O)NN=Cc1ccc(N(C)C)cc1)C(=O)NN=Cc1ccc(N(C)C)cc1. The number of carbonyl (C=O) groups excluding carboxylic acids is 2. The molecule has 176 valence electrons. The summed E-state index contributed by atoms with van der Waals surface area (Å²) in [6, 6.07) is 15.6. The highest BCUT2D eigenvalue weighted by Gasteiger charge is 2.21. The van der Waals surface area contributed by atoms with E-state index in [2.05, 4.69) is 21.1 Å². The van der Waals surface area contributed by atoms with Crippen LogP contribution in [0.3, 0.4) is 0 Å². The average Bonchev–Trinajstić information content (AvgIpc) is 2.79. The van der Waals surface area contributed by atoms with Gasteiger partial charge in [0.15, 0.2) is 0 Å². The summed E-state index contributed by atoms with van der Waals surface area (Å²) >= 11 is 1.24. The van der Waals surface area contributed by atoms with Gasteiger partial charge < -0.3 is 9.80 Å². The van der Waals surface area contributed by atoms with Crippen molar-refractivity contribution in [3.63, 3.8) is 0 Å². The molecule has 0 saturated carbocycles. The topological polar surface area (TPSA) is 89.4 Å². The maximum absolute atomic E-state index is 12.3. The normalized spacial score (nSPS) is 13.0. The lowest BCUT2D eigenvalue weighted by atomic mass is 10.2. The Hall–Kier alpha value is -3.33. The lowest BCUT2D eigenvalue weighted by Crippen LogP contribution is -2.33. The number of hydrogen-bond donors (Lipinski definition) is 2. The van der Waals surface area contributed by atoms with Gasteiger partial charge in [0.25, 0.3) is 11.8 Å². The number of hydrazone groups is 2. The summed E-state index contributed by atoms with van der Waals surface area (Å²) < 4.78 is 0. The first kappa shape index (κ1) is 25.9. The van der Waals surface area contributed by atoms with Crippen LogP contribution in [0.15, 0.2) is 58.7 Å². The molecule has 0 heterocycles. The summed E-state index contributed by atoms with van der Waals surface area (Å²) in [4.78, 5) is 28.6. The zero-order valence-corrected chi connectivity index (χ0v) is 20.8. The molecule has 2 aromatic rings. The molecule has 0 fully saturated rings. The first-order valence-corrected chi connectivity index (χ1v) is 11.5. The molecule has 2 aromatic carbocycles. The Morgan fingerprint density at radius 1 is 0.727 bits per heavy atom. The molecular weight excluding hydrogens is 436 g/mol. The quantitative estimate of drug-likeness (QED) is 0.413. The number of carbonyl (C=O) groups is 2. The van der Waals surface area contributed by atoms with Crippen LogP contribution in [0.1, 0.15) is 25.0 Å². The van der Waals surface area contributed by atoms with E-state index >= 15 is 0 Å². The van der Waals surface area contributed by atoms with Gasteiger partial charge >= 0.3 is 0 Å². The number of hydrogen-bond acceptors (Lipinski definition) is 7. The number of nitrogens with one attached hydrogen (secondary N) is 2. The number of benzene rings is 2. The van der Waals surface area contributed by atoms with E-state index in [0.29, 0.717) is 0 Å². The van der Waals surface area contributed by atoms with Gasteiger partial charge in [-0.3, -0.25) is 9.59 Å². The predicted molar refractivity (Wildman–Crippen MR) is 140 cm³/mol. The van der Waals surface area contributed by atoms with Gasteiger partial charge in [0.1, 0.15) is 0 Å². The second kappa shape index (κ2) is 12.6. The molecule has 2 atom stereocenters. The fourth-order valence-electron chi connectivity index (χ4n) is 2.67. The number of anilines is 2. The van der Waals surface area contributed by atoms with Crippen molar-refractivity contribution in [2.24, 2.45) is 10.2 Å². The average molecular weight is 469 g/mol. The number of nitrogens with zero attached hydrogens (tertiary/aromatic N) is 4. The maximum Gasteiger partial charge on any atom is 0.252 e. The van der Waals surface area contributed by atoms with E-state index in [1.165, 1.54) is 11.8 Å². The smallest absolute Gasteiger partial charge is 0.252 e. The van der Waals surface area contributed by atoms with Crippen LogP contribution in [0, 0.1) is 0 Å². The zero-order valence-electron chi connectivity index (χ0n) is 19.9. The summed E-state index contributed by atoms with van der Waals surface area (Å²) in [6.45, 7) is 3.47. The second-order valence-corrected chi connectivity index (χ2v) is 9.55. The third kappa shape index (κ3) is 8.61. The molecule has 2 rings (SSSR count). The van der Waals surface area contributed by atoms with E-state index in [4.69, 9.17) is 0 Å². The summed E-state index contributed by atoms with van der Waals surface area (Å²) in [5.41, 5.74) is 8.97. The van der Waals surface area contributed by atoms with Gasteiger partial charge in [0.05, 0.1) is 22.9 Å². The fourth-order valence-corrected chi connectivity index (χ4v) is 3.63. The van der Waals surface area contributed by atoms with Crippen molar-refractivity contribution < 1.29 is 9.59 Å². The Morgan fingerprint density at radius 2 is 1.06 bits per heavy atom. The fraction of sp³-hybridized carbons (Fsp3) is 0.333. The van der Waals surface area contributed by atoms with E-state index < -0.39 is 10.5 Å². The van der Waals surface area contributed by atoms with Crippen molar-refractivity contribution in [2.75, 3.05) is 38.0 Å². The van der Waals surface area contributed by atoms with Crippen LogP contribution < -0.4 is 20.7 Å². The van der Waals surface area contributed by atoms with Crippen LogP contribution in [0.2, 0.25) is 0 Å². The molecule has 0 aliphatic heterocycles. The van der Waals surface area contributed by atoms with Crippen molar-refractivity contribution in [1.29, 1.82) is 0 Å². The Bertz CT molecular complexity index is 892. The number of thioether (sulfide) groups is 1. The van der Waals surface area contributed by atoms with Gasteiger partial charge in [-0.05, 0) is 49.2 Å². The van der Waals surface area contributed by atoms with Crippen LogP contribution in [0.5, 0.6) is 0 Å². The first-order valence-electron chi connectivity index (χ1n) is 10.5. The van der Waals surface area contributed by atoms with Crippen LogP contribution in [0.25, 0.3) is 0 Å². The van der Waals surface area contributed by atoms with Gasteiger partial charge in [-0.1, -0.05) is 24.3 Å². The molecule has 8 nitrogen and oxygen atoms in total. The summed E-state index contributed by atoms with van der Waals surface area (Å²) in [5.74, 6) is -0.546. The van der Waals surface area contributed by atoms with Crippen LogP contribution in [-0.4, -0.2) is 62.9 Å². The van der Waals surface area contributed by atoms with Gasteiger partial charge in [0.2, 0.25) is 0 Å². The highest BCUT2D eigenvalue weighted by atomic mass is 32.2. The predicted octanol–water partition coefficient (Wildman–Crippen LogP) is 2.93. The minimum atomic E-state index is -0.457. The molecule has 9 heteroatoms. The van der Waals surface area contributed by atoms with Crippen molar-refractivity contribution in [1.82, 2.24) is 10.9 Å². The largest absolute Gasteiger partial charge is 0.378 e. The van der Waals surface area contributed by atoms with Gasteiger partial charge in [-0.25, -0.2) is 10.9 Å². The highest BCUT2D eigenvalue weighted by Crippen LogP contribution is 2.18. The molecule has 2 N–H and O–H groups in total. The van der Waals surface area contributed by atoms with Crippen LogP contribution >= 0.6 is 11.8 Å². The standard InChI is InChI=1S/C24H32N6O2S/c1-17(23(31)27-25-15-19-7-11-21(12-8-19)29(3)4)33-18(2)24(32)28-26-16-20-9-13-22(14-10-20)30(5)6/h7-18H,1-6H3,(H,27,31)(H,28,32). The Labute approximate surface area is 200 Å². The molecule has 33 heavy (non-hydrogen) atoms. The molecular formula is C24H32N6O2S. The summed E-state index contributed by atoms with van der Waals surface area (Å²) in [5, 5.41) is 7.11. The first-order chi connectivity index (χ1) is 15.7. The molecule has 0 aliphatic carbocycles. The van der Waals surface area contributed by atoms with Gasteiger partial charge in [-0.15, -0.1) is 11.8 Å². The van der Waals surface area contributed by atoms with Crippen molar-refractivity contribution in [3.8, 4) is 0 Å². The maximum atomic E-state index is 12.3. The van der Waals surface area contributed by atoms with Gasteiger partial charge in [-0.2, -0.15) is 10.2 Å². The molecule has 2 amide bonds. The molecule has 0 radical (unpaired) electrons. The van der Waals surface area contributed by atoms with E-state index in [1.807, 2.05) is 86.5 Å². The van der Waals surface area contributed by atoms with Crippen molar-refractivity contribution in [2.45, 2.75) is 24.3 Å². The Morgan fingerprint density at radius 3 is 1.36 bits per heavy atom. The zero-order chi connectivity index (χ0) is 24.4.